The van der Waals surface area contributed by atoms with Gasteiger partial charge in [-0.2, -0.15) is 0 Å². The van der Waals surface area contributed by atoms with Gasteiger partial charge in [0.05, 0.1) is 0 Å². The molecule has 1 N–H and O–H groups in total. The first-order valence-corrected chi connectivity index (χ1v) is 6.40. The fourth-order valence-electron chi connectivity index (χ4n) is 2.24. The molecular formula is C16H14FN3. The Morgan fingerprint density at radius 1 is 1.00 bits per heavy atom. The van der Waals surface area contributed by atoms with Gasteiger partial charge in [-0.1, -0.05) is 36.4 Å². The van der Waals surface area contributed by atoms with E-state index in [9.17, 15) is 4.39 Å². The van der Waals surface area contributed by atoms with Crippen LogP contribution in [0.3, 0.4) is 0 Å². The van der Waals surface area contributed by atoms with E-state index in [1.165, 1.54) is 6.07 Å². The molecule has 3 aromatic rings. The van der Waals surface area contributed by atoms with Gasteiger partial charge in [-0.3, -0.25) is 0 Å². The number of aryl methyl sites for hydroxylation is 1. The van der Waals surface area contributed by atoms with Gasteiger partial charge in [0, 0.05) is 23.4 Å². The highest BCUT2D eigenvalue weighted by molar-refractivity contribution is 5.99. The lowest BCUT2D eigenvalue weighted by Gasteiger charge is -2.09. The minimum Gasteiger partial charge on any atom is -0.371 e. The molecule has 3 rings (SSSR count). The molecule has 1 heterocycles. The van der Waals surface area contributed by atoms with Crippen LogP contribution in [-0.2, 0) is 0 Å². The summed E-state index contributed by atoms with van der Waals surface area (Å²) < 4.78 is 13.7. The molecular weight excluding hydrogens is 253 g/mol. The van der Waals surface area contributed by atoms with E-state index in [0.717, 1.165) is 22.2 Å². The second kappa shape index (κ2) is 4.89. The minimum absolute atomic E-state index is 0.230. The van der Waals surface area contributed by atoms with Crippen molar-refractivity contribution < 1.29 is 4.39 Å². The molecule has 1 aromatic heterocycles. The predicted octanol–water partition coefficient (Wildman–Crippen LogP) is 3.79. The van der Waals surface area contributed by atoms with Gasteiger partial charge in [-0.25, -0.2) is 4.39 Å². The van der Waals surface area contributed by atoms with Crippen LogP contribution < -0.4 is 5.32 Å². The first-order valence-electron chi connectivity index (χ1n) is 6.40. The first kappa shape index (κ1) is 12.5. The van der Waals surface area contributed by atoms with Crippen LogP contribution in [0.15, 0.2) is 42.5 Å². The van der Waals surface area contributed by atoms with Crippen LogP contribution >= 0.6 is 0 Å². The Morgan fingerprint density at radius 3 is 2.45 bits per heavy atom. The lowest BCUT2D eigenvalue weighted by molar-refractivity contribution is 0.619. The molecule has 0 spiro atoms. The van der Waals surface area contributed by atoms with E-state index in [1.54, 1.807) is 13.0 Å². The Hall–Kier alpha value is -2.49. The Morgan fingerprint density at radius 2 is 1.75 bits per heavy atom. The van der Waals surface area contributed by atoms with E-state index in [4.69, 9.17) is 0 Å². The zero-order chi connectivity index (χ0) is 14.1. The van der Waals surface area contributed by atoms with Gasteiger partial charge < -0.3 is 5.32 Å². The van der Waals surface area contributed by atoms with Gasteiger partial charge in [-0.05, 0) is 18.6 Å². The van der Waals surface area contributed by atoms with Crippen molar-refractivity contribution in [2.24, 2.45) is 0 Å². The Balaban J connectivity index is 2.29. The van der Waals surface area contributed by atoms with Crippen LogP contribution in [0.5, 0.6) is 0 Å². The monoisotopic (exact) mass is 267 g/mol. The molecule has 0 amide bonds. The summed E-state index contributed by atoms with van der Waals surface area (Å²) in [5.41, 5.74) is 2.05. The molecule has 0 radical (unpaired) electrons. The zero-order valence-electron chi connectivity index (χ0n) is 11.3. The lowest BCUT2D eigenvalue weighted by Crippen LogP contribution is -1.98. The van der Waals surface area contributed by atoms with Gasteiger partial charge in [0.1, 0.15) is 11.5 Å². The summed E-state index contributed by atoms with van der Waals surface area (Å²) in [5.74, 6) is 0.489. The third kappa shape index (κ3) is 1.99. The molecule has 0 bridgehead atoms. The van der Waals surface area contributed by atoms with E-state index in [-0.39, 0.29) is 5.82 Å². The Kier molecular flexibility index (Phi) is 3.06. The number of anilines is 1. The SMILES string of the molecule is CNc1nnc(-c2ccc(C)c(F)c2)c2ccccc12. The van der Waals surface area contributed by atoms with Crippen LogP contribution in [0.25, 0.3) is 22.0 Å². The van der Waals surface area contributed by atoms with Gasteiger partial charge in [-0.15, -0.1) is 10.2 Å². The highest BCUT2D eigenvalue weighted by Crippen LogP contribution is 2.30. The number of fused-ring (bicyclic) bond motifs is 1. The van der Waals surface area contributed by atoms with Crippen molar-refractivity contribution >= 4 is 16.6 Å². The summed E-state index contributed by atoms with van der Waals surface area (Å²) >= 11 is 0. The van der Waals surface area contributed by atoms with E-state index in [0.29, 0.717) is 11.3 Å². The summed E-state index contributed by atoms with van der Waals surface area (Å²) in [6.45, 7) is 1.74. The van der Waals surface area contributed by atoms with E-state index >= 15 is 0 Å². The topological polar surface area (TPSA) is 37.8 Å². The maximum atomic E-state index is 13.7. The molecule has 100 valence electrons. The number of hydrogen-bond donors (Lipinski definition) is 1. The number of halogens is 1. The standard InChI is InChI=1S/C16H14FN3/c1-10-7-8-11(9-14(10)17)15-12-5-3-4-6-13(12)16(18-2)20-19-15/h3-9H,1-2H3,(H,18,20). The highest BCUT2D eigenvalue weighted by atomic mass is 19.1. The van der Waals surface area contributed by atoms with E-state index in [1.807, 2.05) is 37.4 Å². The maximum absolute atomic E-state index is 13.7. The molecule has 0 aliphatic heterocycles. The van der Waals surface area contributed by atoms with Gasteiger partial charge >= 0.3 is 0 Å². The summed E-state index contributed by atoms with van der Waals surface area (Å²) in [6.07, 6.45) is 0. The van der Waals surface area contributed by atoms with Gasteiger partial charge in [0.25, 0.3) is 0 Å². The summed E-state index contributed by atoms with van der Waals surface area (Å²) in [5, 5.41) is 13.4. The van der Waals surface area contributed by atoms with Gasteiger partial charge in [0.15, 0.2) is 5.82 Å². The molecule has 0 saturated heterocycles. The molecule has 0 unspecified atom stereocenters. The molecule has 3 nitrogen and oxygen atoms in total. The third-order valence-electron chi connectivity index (χ3n) is 3.37. The van der Waals surface area contributed by atoms with Crippen LogP contribution in [0.1, 0.15) is 5.56 Å². The number of aromatic nitrogens is 2. The molecule has 2 aromatic carbocycles. The molecule has 0 saturated carbocycles. The fraction of sp³-hybridized carbons (Fsp3) is 0.125. The molecule has 0 aliphatic carbocycles. The van der Waals surface area contributed by atoms with Crippen LogP contribution in [0.2, 0.25) is 0 Å². The molecule has 0 aliphatic rings. The smallest absolute Gasteiger partial charge is 0.156 e. The van der Waals surface area contributed by atoms with E-state index in [2.05, 4.69) is 15.5 Å². The van der Waals surface area contributed by atoms with Crippen LogP contribution in [-0.4, -0.2) is 17.2 Å². The molecule has 0 atom stereocenters. The average Bonchev–Trinajstić information content (AvgIpc) is 2.49. The summed E-state index contributed by atoms with van der Waals surface area (Å²) in [4.78, 5) is 0. The third-order valence-corrected chi connectivity index (χ3v) is 3.37. The van der Waals surface area contributed by atoms with Crippen molar-refractivity contribution in [3.05, 3.63) is 53.8 Å². The summed E-state index contributed by atoms with van der Waals surface area (Å²) in [6, 6.07) is 13.0. The maximum Gasteiger partial charge on any atom is 0.156 e. The number of nitrogens with zero attached hydrogens (tertiary/aromatic N) is 2. The second-order valence-electron chi connectivity index (χ2n) is 4.66. The predicted molar refractivity (Wildman–Crippen MR) is 79.2 cm³/mol. The van der Waals surface area contributed by atoms with Crippen LogP contribution in [0.4, 0.5) is 10.2 Å². The molecule has 20 heavy (non-hydrogen) atoms. The van der Waals surface area contributed by atoms with Crippen molar-refractivity contribution in [3.8, 4) is 11.3 Å². The van der Waals surface area contributed by atoms with Crippen molar-refractivity contribution in [1.82, 2.24) is 10.2 Å². The molecule has 4 heteroatoms. The normalized spacial score (nSPS) is 10.8. The fourth-order valence-corrected chi connectivity index (χ4v) is 2.24. The van der Waals surface area contributed by atoms with Crippen molar-refractivity contribution in [3.63, 3.8) is 0 Å². The minimum atomic E-state index is -0.230. The quantitative estimate of drug-likeness (QED) is 0.767. The van der Waals surface area contributed by atoms with E-state index < -0.39 is 0 Å². The Bertz CT molecular complexity index is 784. The summed E-state index contributed by atoms with van der Waals surface area (Å²) in [7, 11) is 1.81. The number of hydrogen-bond acceptors (Lipinski definition) is 3. The number of benzene rings is 2. The second-order valence-corrected chi connectivity index (χ2v) is 4.66. The van der Waals surface area contributed by atoms with Crippen molar-refractivity contribution in [2.45, 2.75) is 6.92 Å². The largest absolute Gasteiger partial charge is 0.371 e. The zero-order valence-corrected chi connectivity index (χ0v) is 11.3. The molecule has 0 fully saturated rings. The van der Waals surface area contributed by atoms with Crippen molar-refractivity contribution in [2.75, 3.05) is 12.4 Å². The number of rotatable bonds is 2. The van der Waals surface area contributed by atoms with Crippen LogP contribution in [0, 0.1) is 12.7 Å². The highest BCUT2D eigenvalue weighted by Gasteiger charge is 2.11. The Labute approximate surface area is 116 Å². The lowest BCUT2D eigenvalue weighted by atomic mass is 10.0. The van der Waals surface area contributed by atoms with Gasteiger partial charge in [0.2, 0.25) is 0 Å². The van der Waals surface area contributed by atoms with Crippen molar-refractivity contribution in [1.29, 1.82) is 0 Å². The first-order chi connectivity index (χ1) is 9.70. The number of nitrogens with one attached hydrogen (secondary N) is 1. The average molecular weight is 267 g/mol.